The smallest absolute Gasteiger partial charge is 0.320 e. The zero-order valence-electron chi connectivity index (χ0n) is 12.7. The molecule has 5 nitrogen and oxygen atoms in total. The summed E-state index contributed by atoms with van der Waals surface area (Å²) in [6.07, 6.45) is 0.162. The van der Waals surface area contributed by atoms with Crippen molar-refractivity contribution in [1.29, 1.82) is 0 Å². The van der Waals surface area contributed by atoms with Crippen LogP contribution in [-0.2, 0) is 17.8 Å². The predicted molar refractivity (Wildman–Crippen MR) is 83.0 cm³/mol. The molecule has 122 valence electrons. The quantitative estimate of drug-likeness (QED) is 0.819. The Morgan fingerprint density at radius 3 is 2.65 bits per heavy atom. The first-order valence-electron chi connectivity index (χ1n) is 7.02. The van der Waals surface area contributed by atoms with Gasteiger partial charge in [-0.3, -0.25) is 4.79 Å². The van der Waals surface area contributed by atoms with Crippen LogP contribution in [0.2, 0.25) is 0 Å². The van der Waals surface area contributed by atoms with Gasteiger partial charge in [-0.05, 0) is 30.2 Å². The fraction of sp³-hybridized carbons (Fsp3) is 0.235. The molecule has 2 aromatic carbocycles. The van der Waals surface area contributed by atoms with Gasteiger partial charge in [0.1, 0.15) is 18.5 Å². The molecule has 0 aliphatic carbocycles. The Labute approximate surface area is 133 Å². The van der Waals surface area contributed by atoms with Gasteiger partial charge in [0, 0.05) is 5.56 Å². The maximum absolute atomic E-state index is 13.6. The predicted octanol–water partition coefficient (Wildman–Crippen LogP) is 2.37. The fourth-order valence-corrected chi connectivity index (χ4v) is 2.07. The molecule has 0 bridgehead atoms. The van der Waals surface area contributed by atoms with Crippen molar-refractivity contribution < 1.29 is 23.8 Å². The largest absolute Gasteiger partial charge is 0.493 e. The molecular weight excluding hydrogens is 301 g/mol. The van der Waals surface area contributed by atoms with Crippen molar-refractivity contribution in [2.24, 2.45) is 5.73 Å². The highest BCUT2D eigenvalue weighted by atomic mass is 19.1. The number of carboxylic acid groups (broad SMARTS) is 1. The van der Waals surface area contributed by atoms with Crippen molar-refractivity contribution in [3.05, 3.63) is 59.4 Å². The number of nitrogens with two attached hydrogens (primary N) is 1. The second-order valence-electron chi connectivity index (χ2n) is 5.01. The molecule has 0 aliphatic rings. The highest BCUT2D eigenvalue weighted by molar-refractivity contribution is 5.73. The summed E-state index contributed by atoms with van der Waals surface area (Å²) in [6.45, 7) is 0.0392. The van der Waals surface area contributed by atoms with Gasteiger partial charge in [0.15, 0.2) is 11.5 Å². The first kappa shape index (κ1) is 16.8. The number of aliphatic carboxylic acids is 1. The van der Waals surface area contributed by atoms with Crippen LogP contribution in [0.25, 0.3) is 0 Å². The van der Waals surface area contributed by atoms with Gasteiger partial charge in [0.25, 0.3) is 0 Å². The number of methoxy groups -OCH3 is 1. The summed E-state index contributed by atoms with van der Waals surface area (Å²) in [6, 6.07) is 10.4. The standard InChI is InChI=1S/C17H18FNO4/c1-22-15-7-6-11(8-14(19)17(20)21)9-16(15)23-10-12-4-2-3-5-13(12)18/h2-7,9,14H,8,10,19H2,1H3,(H,20,21). The van der Waals surface area contributed by atoms with E-state index >= 15 is 0 Å². The lowest BCUT2D eigenvalue weighted by Gasteiger charge is -2.14. The lowest BCUT2D eigenvalue weighted by molar-refractivity contribution is -0.138. The molecule has 1 atom stereocenters. The minimum Gasteiger partial charge on any atom is -0.493 e. The van der Waals surface area contributed by atoms with E-state index < -0.39 is 12.0 Å². The van der Waals surface area contributed by atoms with Crippen molar-refractivity contribution in [2.45, 2.75) is 19.1 Å². The Kier molecular flexibility index (Phi) is 5.54. The second kappa shape index (κ2) is 7.60. The molecule has 0 aliphatic heterocycles. The van der Waals surface area contributed by atoms with Crippen molar-refractivity contribution in [3.63, 3.8) is 0 Å². The van der Waals surface area contributed by atoms with Crippen LogP contribution in [-0.4, -0.2) is 24.2 Å². The number of benzene rings is 2. The SMILES string of the molecule is COc1ccc(CC(N)C(=O)O)cc1OCc1ccccc1F. The summed E-state index contributed by atoms with van der Waals surface area (Å²) < 4.78 is 24.5. The zero-order valence-corrected chi connectivity index (χ0v) is 12.7. The third-order valence-corrected chi connectivity index (χ3v) is 3.34. The van der Waals surface area contributed by atoms with Crippen LogP contribution in [0.1, 0.15) is 11.1 Å². The lowest BCUT2D eigenvalue weighted by atomic mass is 10.1. The normalized spacial score (nSPS) is 11.8. The molecule has 6 heteroatoms. The number of ether oxygens (including phenoxy) is 2. The molecule has 0 heterocycles. The van der Waals surface area contributed by atoms with Crippen molar-refractivity contribution in [3.8, 4) is 11.5 Å². The van der Waals surface area contributed by atoms with E-state index in [2.05, 4.69) is 0 Å². The van der Waals surface area contributed by atoms with E-state index in [1.807, 2.05) is 0 Å². The van der Waals surface area contributed by atoms with E-state index in [-0.39, 0.29) is 18.8 Å². The molecule has 0 aromatic heterocycles. The molecule has 0 spiro atoms. The zero-order chi connectivity index (χ0) is 16.8. The van der Waals surface area contributed by atoms with Crippen LogP contribution in [0, 0.1) is 5.82 Å². The van der Waals surface area contributed by atoms with Gasteiger partial charge in [-0.25, -0.2) is 4.39 Å². The van der Waals surface area contributed by atoms with E-state index in [4.69, 9.17) is 20.3 Å². The number of halogens is 1. The average molecular weight is 319 g/mol. The van der Waals surface area contributed by atoms with Gasteiger partial charge in [0.2, 0.25) is 0 Å². The summed E-state index contributed by atoms with van der Waals surface area (Å²) in [5, 5.41) is 8.87. The van der Waals surface area contributed by atoms with Crippen molar-refractivity contribution >= 4 is 5.97 Å². The summed E-state index contributed by atoms with van der Waals surface area (Å²) in [7, 11) is 1.49. The van der Waals surface area contributed by atoms with E-state index in [0.29, 0.717) is 22.6 Å². The minimum atomic E-state index is -1.07. The number of hydrogen-bond acceptors (Lipinski definition) is 4. The first-order valence-corrected chi connectivity index (χ1v) is 7.02. The minimum absolute atomic E-state index is 0.0392. The Bertz CT molecular complexity index is 690. The Hall–Kier alpha value is -2.60. The molecule has 0 amide bonds. The van der Waals surface area contributed by atoms with Crippen LogP contribution >= 0.6 is 0 Å². The van der Waals surface area contributed by atoms with E-state index in [1.54, 1.807) is 36.4 Å². The van der Waals surface area contributed by atoms with E-state index in [9.17, 15) is 9.18 Å². The summed E-state index contributed by atoms with van der Waals surface area (Å²) in [4.78, 5) is 10.8. The number of rotatable bonds is 7. The first-order chi connectivity index (χ1) is 11.0. The molecule has 0 radical (unpaired) electrons. The van der Waals surface area contributed by atoms with Gasteiger partial charge < -0.3 is 20.3 Å². The molecule has 2 rings (SSSR count). The van der Waals surface area contributed by atoms with Crippen LogP contribution in [0.15, 0.2) is 42.5 Å². The van der Waals surface area contributed by atoms with Crippen molar-refractivity contribution in [1.82, 2.24) is 0 Å². The average Bonchev–Trinajstić information content (AvgIpc) is 2.54. The van der Waals surface area contributed by atoms with Crippen LogP contribution in [0.5, 0.6) is 11.5 Å². The highest BCUT2D eigenvalue weighted by Gasteiger charge is 2.14. The molecule has 23 heavy (non-hydrogen) atoms. The highest BCUT2D eigenvalue weighted by Crippen LogP contribution is 2.29. The lowest BCUT2D eigenvalue weighted by Crippen LogP contribution is -2.32. The summed E-state index contributed by atoms with van der Waals surface area (Å²) in [5.74, 6) is -0.537. The van der Waals surface area contributed by atoms with E-state index in [0.717, 1.165) is 0 Å². The van der Waals surface area contributed by atoms with Gasteiger partial charge in [0.05, 0.1) is 7.11 Å². The van der Waals surface area contributed by atoms with Gasteiger partial charge >= 0.3 is 5.97 Å². The van der Waals surface area contributed by atoms with Gasteiger partial charge in [-0.2, -0.15) is 0 Å². The summed E-state index contributed by atoms with van der Waals surface area (Å²) in [5.41, 5.74) is 6.65. The maximum atomic E-state index is 13.6. The number of carbonyl (C=O) groups is 1. The molecule has 0 saturated carbocycles. The molecule has 1 unspecified atom stereocenters. The molecule has 3 N–H and O–H groups in total. The third-order valence-electron chi connectivity index (χ3n) is 3.34. The van der Waals surface area contributed by atoms with E-state index in [1.165, 1.54) is 13.2 Å². The van der Waals surface area contributed by atoms with Gasteiger partial charge in [-0.1, -0.05) is 24.3 Å². The third kappa shape index (κ3) is 4.43. The molecule has 0 saturated heterocycles. The van der Waals surface area contributed by atoms with Crippen LogP contribution in [0.3, 0.4) is 0 Å². The van der Waals surface area contributed by atoms with Crippen molar-refractivity contribution in [2.75, 3.05) is 7.11 Å². The van der Waals surface area contributed by atoms with Crippen LogP contribution < -0.4 is 15.2 Å². The Morgan fingerprint density at radius 2 is 2.00 bits per heavy atom. The fourth-order valence-electron chi connectivity index (χ4n) is 2.07. The number of hydrogen-bond donors (Lipinski definition) is 2. The van der Waals surface area contributed by atoms with Gasteiger partial charge in [-0.15, -0.1) is 0 Å². The maximum Gasteiger partial charge on any atom is 0.320 e. The van der Waals surface area contributed by atoms with Crippen LogP contribution in [0.4, 0.5) is 4.39 Å². The monoisotopic (exact) mass is 319 g/mol. The summed E-state index contributed by atoms with van der Waals surface area (Å²) >= 11 is 0. The second-order valence-corrected chi connectivity index (χ2v) is 5.01. The molecule has 2 aromatic rings. The number of carboxylic acids is 1. The molecular formula is C17H18FNO4. The topological polar surface area (TPSA) is 81.8 Å². The Balaban J connectivity index is 2.15. The molecule has 0 fully saturated rings. The Morgan fingerprint density at radius 1 is 1.26 bits per heavy atom.